The van der Waals surface area contributed by atoms with E-state index in [4.69, 9.17) is 4.52 Å². The maximum Gasteiger partial charge on any atom is 0.261 e. The van der Waals surface area contributed by atoms with Gasteiger partial charge in [-0.1, -0.05) is 34.4 Å². The first kappa shape index (κ1) is 14.6. The molecular weight excluding hydrogens is 332 g/mol. The second kappa shape index (κ2) is 6.18. The predicted octanol–water partition coefficient (Wildman–Crippen LogP) is 4.89. The van der Waals surface area contributed by atoms with Gasteiger partial charge in [0.1, 0.15) is 5.75 Å². The number of aromatic hydroxyl groups is 1. The van der Waals surface area contributed by atoms with Crippen LogP contribution in [0.4, 0.5) is 0 Å². The molecule has 112 valence electrons. The van der Waals surface area contributed by atoms with Crippen LogP contribution >= 0.6 is 15.9 Å². The van der Waals surface area contributed by atoms with E-state index >= 15 is 0 Å². The number of hydrogen-bond donors (Lipinski definition) is 1. The molecule has 1 aromatic heterocycles. The summed E-state index contributed by atoms with van der Waals surface area (Å²) in [6, 6.07) is 5.19. The molecular formula is C16H19BrN2O2. The largest absolute Gasteiger partial charge is 0.507 e. The SMILES string of the molecule is CCC1CCC(c2noc(-c3cc(Br)ccc3O)n2)CC1. The standard InChI is InChI=1S/C16H19BrN2O2/c1-2-10-3-5-11(6-4-10)15-18-16(21-19-15)13-9-12(17)7-8-14(13)20/h7-11,20H,2-6H2,1H3. The highest BCUT2D eigenvalue weighted by atomic mass is 79.9. The van der Waals surface area contributed by atoms with Crippen LogP contribution in [0.15, 0.2) is 27.2 Å². The number of rotatable bonds is 3. The average molecular weight is 351 g/mol. The average Bonchev–Trinajstić information content (AvgIpc) is 2.99. The van der Waals surface area contributed by atoms with Crippen LogP contribution in [-0.2, 0) is 0 Å². The van der Waals surface area contributed by atoms with Crippen LogP contribution in [0.2, 0.25) is 0 Å². The van der Waals surface area contributed by atoms with Crippen molar-refractivity contribution in [3.8, 4) is 17.2 Å². The molecule has 0 radical (unpaired) electrons. The van der Waals surface area contributed by atoms with Crippen molar-refractivity contribution in [3.63, 3.8) is 0 Å². The normalized spacial score (nSPS) is 22.4. The minimum Gasteiger partial charge on any atom is -0.507 e. The zero-order valence-electron chi connectivity index (χ0n) is 12.1. The maximum atomic E-state index is 9.93. The fraction of sp³-hybridized carbons (Fsp3) is 0.500. The molecule has 0 aliphatic heterocycles. The van der Waals surface area contributed by atoms with E-state index in [1.54, 1.807) is 18.2 Å². The molecule has 1 aliphatic rings. The summed E-state index contributed by atoms with van der Waals surface area (Å²) >= 11 is 3.39. The number of aromatic nitrogens is 2. The van der Waals surface area contributed by atoms with Gasteiger partial charge in [0.2, 0.25) is 0 Å². The zero-order chi connectivity index (χ0) is 14.8. The highest BCUT2D eigenvalue weighted by Crippen LogP contribution is 2.37. The molecule has 0 spiro atoms. The molecule has 1 N–H and O–H groups in total. The quantitative estimate of drug-likeness (QED) is 0.855. The van der Waals surface area contributed by atoms with E-state index in [0.29, 0.717) is 17.4 Å². The Kier molecular flexibility index (Phi) is 4.29. The van der Waals surface area contributed by atoms with Gasteiger partial charge in [-0.05, 0) is 49.8 Å². The predicted molar refractivity (Wildman–Crippen MR) is 84.1 cm³/mol. The van der Waals surface area contributed by atoms with E-state index < -0.39 is 0 Å². The van der Waals surface area contributed by atoms with Crippen molar-refractivity contribution in [2.24, 2.45) is 5.92 Å². The lowest BCUT2D eigenvalue weighted by molar-refractivity contribution is 0.305. The lowest BCUT2D eigenvalue weighted by Gasteiger charge is -2.25. The van der Waals surface area contributed by atoms with Crippen molar-refractivity contribution >= 4 is 15.9 Å². The Morgan fingerprint density at radius 2 is 2.05 bits per heavy atom. The van der Waals surface area contributed by atoms with Crippen molar-refractivity contribution in [1.29, 1.82) is 0 Å². The monoisotopic (exact) mass is 350 g/mol. The molecule has 3 rings (SSSR count). The summed E-state index contributed by atoms with van der Waals surface area (Å²) in [5.74, 6) is 2.56. The second-order valence-electron chi connectivity index (χ2n) is 5.75. The summed E-state index contributed by atoms with van der Waals surface area (Å²) in [7, 11) is 0. The van der Waals surface area contributed by atoms with Gasteiger partial charge in [0.15, 0.2) is 5.82 Å². The summed E-state index contributed by atoms with van der Waals surface area (Å²) in [5, 5.41) is 14.1. The highest BCUT2D eigenvalue weighted by Gasteiger charge is 2.25. The van der Waals surface area contributed by atoms with E-state index in [2.05, 4.69) is 33.0 Å². The number of nitrogens with zero attached hydrogens (tertiary/aromatic N) is 2. The zero-order valence-corrected chi connectivity index (χ0v) is 13.6. The van der Waals surface area contributed by atoms with Gasteiger partial charge in [0.25, 0.3) is 5.89 Å². The first-order valence-electron chi connectivity index (χ1n) is 7.50. The molecule has 0 unspecified atom stereocenters. The molecule has 1 aliphatic carbocycles. The Hall–Kier alpha value is -1.36. The van der Waals surface area contributed by atoms with Crippen LogP contribution in [0, 0.1) is 5.92 Å². The fourth-order valence-corrected chi connectivity index (χ4v) is 3.38. The molecule has 1 fully saturated rings. The van der Waals surface area contributed by atoms with Crippen LogP contribution in [-0.4, -0.2) is 15.2 Å². The third kappa shape index (κ3) is 3.12. The molecule has 0 amide bonds. The molecule has 21 heavy (non-hydrogen) atoms. The first-order valence-corrected chi connectivity index (χ1v) is 8.29. The Labute approximate surface area is 132 Å². The van der Waals surface area contributed by atoms with E-state index in [0.717, 1.165) is 29.1 Å². The Morgan fingerprint density at radius 1 is 1.29 bits per heavy atom. The molecule has 1 saturated carbocycles. The lowest BCUT2D eigenvalue weighted by atomic mass is 9.80. The number of benzene rings is 1. The lowest BCUT2D eigenvalue weighted by Crippen LogP contribution is -2.13. The third-order valence-electron chi connectivity index (χ3n) is 4.42. The van der Waals surface area contributed by atoms with Crippen molar-refractivity contribution in [3.05, 3.63) is 28.5 Å². The molecule has 0 bridgehead atoms. The van der Waals surface area contributed by atoms with Crippen molar-refractivity contribution in [1.82, 2.24) is 10.1 Å². The van der Waals surface area contributed by atoms with Gasteiger partial charge in [0.05, 0.1) is 5.56 Å². The van der Waals surface area contributed by atoms with Crippen LogP contribution in [0.1, 0.15) is 50.8 Å². The van der Waals surface area contributed by atoms with Crippen molar-refractivity contribution in [2.75, 3.05) is 0 Å². The number of phenols is 1. The van der Waals surface area contributed by atoms with E-state index in [1.165, 1.54) is 19.3 Å². The Bertz CT molecular complexity index is 618. The Balaban J connectivity index is 1.79. The number of halogens is 1. The molecule has 1 aromatic carbocycles. The highest BCUT2D eigenvalue weighted by molar-refractivity contribution is 9.10. The van der Waals surface area contributed by atoms with Crippen molar-refractivity contribution < 1.29 is 9.63 Å². The molecule has 2 aromatic rings. The van der Waals surface area contributed by atoms with Gasteiger partial charge in [-0.2, -0.15) is 4.98 Å². The molecule has 4 nitrogen and oxygen atoms in total. The van der Waals surface area contributed by atoms with Gasteiger partial charge in [-0.15, -0.1) is 0 Å². The topological polar surface area (TPSA) is 59.2 Å². The smallest absolute Gasteiger partial charge is 0.261 e. The van der Waals surface area contributed by atoms with E-state index in [-0.39, 0.29) is 5.75 Å². The van der Waals surface area contributed by atoms with Gasteiger partial charge in [-0.25, -0.2) is 0 Å². The second-order valence-corrected chi connectivity index (χ2v) is 6.66. The van der Waals surface area contributed by atoms with Gasteiger partial charge < -0.3 is 9.63 Å². The molecule has 1 heterocycles. The minimum atomic E-state index is 0.156. The summed E-state index contributed by atoms with van der Waals surface area (Å²) in [6.07, 6.45) is 6.00. The molecule has 0 atom stereocenters. The van der Waals surface area contributed by atoms with Crippen LogP contribution in [0.3, 0.4) is 0 Å². The summed E-state index contributed by atoms with van der Waals surface area (Å²) in [4.78, 5) is 4.50. The maximum absolute atomic E-state index is 9.93. The summed E-state index contributed by atoms with van der Waals surface area (Å²) in [6.45, 7) is 2.26. The van der Waals surface area contributed by atoms with Gasteiger partial charge >= 0.3 is 0 Å². The van der Waals surface area contributed by atoms with Crippen molar-refractivity contribution in [2.45, 2.75) is 44.9 Å². The van der Waals surface area contributed by atoms with Gasteiger partial charge in [-0.3, -0.25) is 0 Å². The fourth-order valence-electron chi connectivity index (χ4n) is 3.02. The van der Waals surface area contributed by atoms with Crippen LogP contribution < -0.4 is 0 Å². The number of phenolic OH excluding ortho intramolecular Hbond substituents is 1. The van der Waals surface area contributed by atoms with E-state index in [9.17, 15) is 5.11 Å². The van der Waals surface area contributed by atoms with Crippen LogP contribution in [0.25, 0.3) is 11.5 Å². The number of hydrogen-bond acceptors (Lipinski definition) is 4. The third-order valence-corrected chi connectivity index (χ3v) is 4.91. The Morgan fingerprint density at radius 3 is 2.76 bits per heavy atom. The first-order chi connectivity index (χ1) is 10.2. The van der Waals surface area contributed by atoms with Gasteiger partial charge in [0, 0.05) is 10.4 Å². The molecule has 0 saturated heterocycles. The molecule has 5 heteroatoms. The van der Waals surface area contributed by atoms with E-state index in [1.807, 2.05) is 0 Å². The minimum absolute atomic E-state index is 0.156. The summed E-state index contributed by atoms with van der Waals surface area (Å²) < 4.78 is 6.22. The van der Waals surface area contributed by atoms with Crippen LogP contribution in [0.5, 0.6) is 5.75 Å². The summed E-state index contributed by atoms with van der Waals surface area (Å²) in [5.41, 5.74) is 0.574.